The number of nitrogens with one attached hydrogen (secondary N) is 1. The van der Waals surface area contributed by atoms with Crippen LogP contribution in [-0.2, 0) is 6.42 Å². The monoisotopic (exact) mass is 303 g/mol. The largest absolute Gasteiger partial charge is 0.314 e. The van der Waals surface area contributed by atoms with Crippen LogP contribution in [0, 0.1) is 5.92 Å². The molecule has 0 aliphatic carbocycles. The van der Waals surface area contributed by atoms with E-state index in [2.05, 4.69) is 54.2 Å². The van der Waals surface area contributed by atoms with Crippen molar-refractivity contribution in [3.8, 4) is 0 Å². The van der Waals surface area contributed by atoms with Gasteiger partial charge in [-0.3, -0.25) is 0 Å². The number of hydrogen-bond donors (Lipinski definition) is 1. The molecule has 1 heterocycles. The third-order valence-corrected chi connectivity index (χ3v) is 4.32. The van der Waals surface area contributed by atoms with Crippen molar-refractivity contribution >= 4 is 27.3 Å². The minimum atomic E-state index is 0.637. The van der Waals surface area contributed by atoms with Crippen LogP contribution < -0.4 is 5.32 Å². The highest BCUT2D eigenvalue weighted by Crippen LogP contribution is 2.25. The van der Waals surface area contributed by atoms with Crippen LogP contribution in [-0.4, -0.2) is 12.6 Å². The molecule has 1 aromatic heterocycles. The highest BCUT2D eigenvalue weighted by atomic mass is 79.9. The second-order valence-corrected chi connectivity index (χ2v) is 7.15. The van der Waals surface area contributed by atoms with E-state index in [9.17, 15) is 0 Å². The minimum Gasteiger partial charge on any atom is -0.314 e. The van der Waals surface area contributed by atoms with Gasteiger partial charge in [-0.15, -0.1) is 11.3 Å². The molecular formula is C13H22BrNS. The van der Waals surface area contributed by atoms with Gasteiger partial charge in [-0.1, -0.05) is 13.8 Å². The quantitative estimate of drug-likeness (QED) is 0.784. The molecule has 0 saturated carbocycles. The Balaban J connectivity index is 2.27. The summed E-state index contributed by atoms with van der Waals surface area (Å²) in [5.41, 5.74) is 0. The third kappa shape index (κ3) is 5.46. The molecule has 0 aliphatic rings. The van der Waals surface area contributed by atoms with E-state index >= 15 is 0 Å². The summed E-state index contributed by atoms with van der Waals surface area (Å²) in [6.45, 7) is 7.99. The van der Waals surface area contributed by atoms with Crippen molar-refractivity contribution in [3.05, 3.63) is 20.8 Å². The van der Waals surface area contributed by atoms with Crippen LogP contribution in [0.25, 0.3) is 0 Å². The molecule has 1 aromatic rings. The van der Waals surface area contributed by atoms with Crippen LogP contribution in [0.15, 0.2) is 15.9 Å². The van der Waals surface area contributed by atoms with Crippen molar-refractivity contribution in [2.24, 2.45) is 5.92 Å². The summed E-state index contributed by atoms with van der Waals surface area (Å²) < 4.78 is 1.24. The van der Waals surface area contributed by atoms with Crippen LogP contribution in [0.3, 0.4) is 0 Å². The molecule has 0 aromatic carbocycles. The van der Waals surface area contributed by atoms with E-state index in [0.717, 1.165) is 12.5 Å². The molecule has 16 heavy (non-hydrogen) atoms. The van der Waals surface area contributed by atoms with Gasteiger partial charge in [0.25, 0.3) is 0 Å². The molecule has 1 nitrogen and oxygen atoms in total. The molecule has 0 saturated heterocycles. The Morgan fingerprint density at radius 2 is 2.12 bits per heavy atom. The Bertz CT molecular complexity index is 298. The molecule has 0 bridgehead atoms. The topological polar surface area (TPSA) is 12.0 Å². The number of halogens is 1. The van der Waals surface area contributed by atoms with Gasteiger partial charge in [-0.2, -0.15) is 0 Å². The van der Waals surface area contributed by atoms with Gasteiger partial charge in [0.1, 0.15) is 0 Å². The van der Waals surface area contributed by atoms with Gasteiger partial charge in [0.15, 0.2) is 0 Å². The first-order chi connectivity index (χ1) is 7.61. The Labute approximate surface area is 112 Å². The van der Waals surface area contributed by atoms with Gasteiger partial charge in [0.05, 0.1) is 3.79 Å². The second-order valence-electron chi connectivity index (χ2n) is 4.61. The molecule has 0 spiro atoms. The number of rotatable bonds is 7. The second kappa shape index (κ2) is 7.46. The fraction of sp³-hybridized carbons (Fsp3) is 0.692. The summed E-state index contributed by atoms with van der Waals surface area (Å²) in [5, 5.41) is 3.55. The lowest BCUT2D eigenvalue weighted by Gasteiger charge is -2.17. The van der Waals surface area contributed by atoms with Crippen molar-refractivity contribution in [1.29, 1.82) is 0 Å². The van der Waals surface area contributed by atoms with Gasteiger partial charge in [0.2, 0.25) is 0 Å². The Morgan fingerprint density at radius 1 is 1.38 bits per heavy atom. The molecule has 0 aliphatic heterocycles. The molecule has 3 heteroatoms. The van der Waals surface area contributed by atoms with Crippen LogP contribution in [0.4, 0.5) is 0 Å². The normalized spacial score (nSPS) is 15.0. The van der Waals surface area contributed by atoms with Gasteiger partial charge in [0, 0.05) is 10.9 Å². The SMILES string of the molecule is CCCNC(C)CC(C)Cc1ccc(Br)s1. The summed E-state index contributed by atoms with van der Waals surface area (Å²) in [6.07, 6.45) is 3.68. The van der Waals surface area contributed by atoms with Gasteiger partial charge >= 0.3 is 0 Å². The highest BCUT2D eigenvalue weighted by molar-refractivity contribution is 9.11. The summed E-state index contributed by atoms with van der Waals surface area (Å²) >= 11 is 5.37. The first-order valence-electron chi connectivity index (χ1n) is 6.09. The van der Waals surface area contributed by atoms with E-state index in [-0.39, 0.29) is 0 Å². The molecule has 1 N–H and O–H groups in total. The smallest absolute Gasteiger partial charge is 0.0701 e. The molecule has 1 rings (SSSR count). The third-order valence-electron chi connectivity index (χ3n) is 2.68. The van der Waals surface area contributed by atoms with E-state index in [1.807, 2.05) is 11.3 Å². The maximum atomic E-state index is 3.55. The molecule has 0 amide bonds. The summed E-state index contributed by atoms with van der Waals surface area (Å²) in [6, 6.07) is 5.01. The molecule has 0 radical (unpaired) electrons. The summed E-state index contributed by atoms with van der Waals surface area (Å²) in [7, 11) is 0. The lowest BCUT2D eigenvalue weighted by Crippen LogP contribution is -2.28. The van der Waals surface area contributed by atoms with Crippen molar-refractivity contribution in [3.63, 3.8) is 0 Å². The van der Waals surface area contributed by atoms with Crippen LogP contribution >= 0.6 is 27.3 Å². The minimum absolute atomic E-state index is 0.637. The Morgan fingerprint density at radius 3 is 2.69 bits per heavy atom. The van der Waals surface area contributed by atoms with Crippen LogP contribution in [0.5, 0.6) is 0 Å². The van der Waals surface area contributed by atoms with Crippen molar-refractivity contribution in [1.82, 2.24) is 5.32 Å². The lowest BCUT2D eigenvalue weighted by atomic mass is 9.98. The molecule has 0 fully saturated rings. The predicted molar refractivity (Wildman–Crippen MR) is 77.3 cm³/mol. The van der Waals surface area contributed by atoms with E-state index in [1.165, 1.54) is 27.9 Å². The lowest BCUT2D eigenvalue weighted by molar-refractivity contribution is 0.421. The Kier molecular flexibility index (Phi) is 6.62. The molecule has 92 valence electrons. The first-order valence-corrected chi connectivity index (χ1v) is 7.70. The standard InChI is InChI=1S/C13H22BrNS/c1-4-7-15-11(3)8-10(2)9-12-5-6-13(14)16-12/h5-6,10-11,15H,4,7-9H2,1-3H3. The van der Waals surface area contributed by atoms with E-state index < -0.39 is 0 Å². The first kappa shape index (κ1) is 14.2. The van der Waals surface area contributed by atoms with Crippen molar-refractivity contribution in [2.75, 3.05) is 6.54 Å². The van der Waals surface area contributed by atoms with Crippen molar-refractivity contribution < 1.29 is 0 Å². The molecular weight excluding hydrogens is 282 g/mol. The average Bonchev–Trinajstić information content (AvgIpc) is 2.60. The van der Waals surface area contributed by atoms with Gasteiger partial charge in [-0.05, 0) is 66.7 Å². The fourth-order valence-corrected chi connectivity index (χ4v) is 3.61. The van der Waals surface area contributed by atoms with Gasteiger partial charge in [-0.25, -0.2) is 0 Å². The highest BCUT2D eigenvalue weighted by Gasteiger charge is 2.09. The average molecular weight is 304 g/mol. The number of hydrogen-bond acceptors (Lipinski definition) is 2. The maximum Gasteiger partial charge on any atom is 0.0701 e. The Hall–Kier alpha value is 0.140. The van der Waals surface area contributed by atoms with E-state index in [0.29, 0.717) is 6.04 Å². The molecule has 2 unspecified atom stereocenters. The predicted octanol–water partition coefficient (Wildman–Crippen LogP) is 4.47. The zero-order valence-corrected chi connectivity index (χ0v) is 12.8. The van der Waals surface area contributed by atoms with Crippen LogP contribution in [0.2, 0.25) is 0 Å². The number of thiophene rings is 1. The van der Waals surface area contributed by atoms with Crippen molar-refractivity contribution in [2.45, 2.75) is 46.1 Å². The van der Waals surface area contributed by atoms with Crippen LogP contribution in [0.1, 0.15) is 38.5 Å². The van der Waals surface area contributed by atoms with E-state index in [4.69, 9.17) is 0 Å². The molecule has 2 atom stereocenters. The zero-order valence-electron chi connectivity index (χ0n) is 10.4. The van der Waals surface area contributed by atoms with Gasteiger partial charge < -0.3 is 5.32 Å². The van der Waals surface area contributed by atoms with E-state index in [1.54, 1.807) is 0 Å². The zero-order chi connectivity index (χ0) is 12.0. The fourth-order valence-electron chi connectivity index (χ4n) is 1.97. The summed E-state index contributed by atoms with van der Waals surface area (Å²) in [5.74, 6) is 0.755. The summed E-state index contributed by atoms with van der Waals surface area (Å²) in [4.78, 5) is 1.49. The maximum absolute atomic E-state index is 3.55.